The first-order valence-corrected chi connectivity index (χ1v) is 12.2. The van der Waals surface area contributed by atoms with Crippen molar-refractivity contribution in [1.82, 2.24) is 10.0 Å². The molecule has 0 radical (unpaired) electrons. The summed E-state index contributed by atoms with van der Waals surface area (Å²) < 4.78 is 33.4. The Morgan fingerprint density at radius 1 is 1.10 bits per heavy atom. The molecular weight excluding hydrogens is 420 g/mol. The second kappa shape index (κ2) is 12.1. The third-order valence-corrected chi connectivity index (χ3v) is 6.63. The maximum atomic E-state index is 13.0. The number of carbonyl (C=O) groups excluding carboxylic acids is 3. The first kappa shape index (κ1) is 25.2. The fourth-order valence-corrected chi connectivity index (χ4v) is 4.75. The van der Waals surface area contributed by atoms with Crippen LogP contribution in [-0.4, -0.2) is 51.2 Å². The highest BCUT2D eigenvalue weighted by molar-refractivity contribution is 7.89. The highest BCUT2D eigenvalue weighted by Gasteiger charge is 2.34. The van der Waals surface area contributed by atoms with Gasteiger partial charge in [0.2, 0.25) is 15.8 Å². The summed E-state index contributed by atoms with van der Waals surface area (Å²) in [6.07, 6.45) is 2.84. The van der Waals surface area contributed by atoms with Crippen molar-refractivity contribution in [1.29, 1.82) is 0 Å². The molecule has 1 amide bonds. The van der Waals surface area contributed by atoms with Crippen molar-refractivity contribution < 1.29 is 27.5 Å². The van der Waals surface area contributed by atoms with Gasteiger partial charge in [-0.25, -0.2) is 13.1 Å². The number of hydrogen-bond donors (Lipinski definition) is 2. The van der Waals surface area contributed by atoms with Crippen molar-refractivity contribution in [2.75, 3.05) is 13.2 Å². The largest absolute Gasteiger partial charge is 0.369 e. The number of hydrogen-bond acceptors (Lipinski definition) is 6. The van der Waals surface area contributed by atoms with E-state index in [9.17, 15) is 22.8 Å². The van der Waals surface area contributed by atoms with Crippen LogP contribution in [0.4, 0.5) is 0 Å². The van der Waals surface area contributed by atoms with E-state index in [1.165, 1.54) is 12.1 Å². The average Bonchev–Trinajstić information content (AvgIpc) is 2.74. The summed E-state index contributed by atoms with van der Waals surface area (Å²) in [7, 11) is -3.92. The summed E-state index contributed by atoms with van der Waals surface area (Å²) >= 11 is 0. The molecule has 0 spiro atoms. The van der Waals surface area contributed by atoms with Gasteiger partial charge in [0.1, 0.15) is 6.10 Å². The van der Waals surface area contributed by atoms with Gasteiger partial charge in [-0.05, 0) is 30.9 Å². The van der Waals surface area contributed by atoms with E-state index in [2.05, 4.69) is 10.0 Å². The van der Waals surface area contributed by atoms with E-state index >= 15 is 0 Å². The fourth-order valence-electron chi connectivity index (χ4n) is 3.36. The molecule has 1 fully saturated rings. The molecule has 1 aliphatic rings. The Labute approximate surface area is 184 Å². The molecule has 2 N–H and O–H groups in total. The number of rotatable bonds is 7. The predicted octanol–water partition coefficient (Wildman–Crippen LogP) is 1.98. The number of ketones is 2. The minimum Gasteiger partial charge on any atom is -0.369 e. The molecule has 1 aromatic rings. The van der Waals surface area contributed by atoms with Crippen LogP contribution in [0.25, 0.3) is 0 Å². The number of ether oxygens (including phenoxy) is 1. The van der Waals surface area contributed by atoms with Gasteiger partial charge < -0.3 is 10.1 Å². The molecule has 0 aromatic heterocycles. The second-order valence-corrected chi connectivity index (χ2v) is 9.79. The SMILES string of the molecule is CC(C)C(NS(=O)(=O)c1ccccc1)C(=O)CC1OCCCCCCCNC(=O)C1=O. The first-order chi connectivity index (χ1) is 14.7. The van der Waals surface area contributed by atoms with Gasteiger partial charge >= 0.3 is 0 Å². The summed E-state index contributed by atoms with van der Waals surface area (Å²) in [5.41, 5.74) is 0. The summed E-state index contributed by atoms with van der Waals surface area (Å²) in [5, 5.41) is 2.57. The fraction of sp³-hybridized carbons (Fsp3) is 0.591. The zero-order valence-electron chi connectivity index (χ0n) is 18.1. The van der Waals surface area contributed by atoms with E-state index in [0.29, 0.717) is 6.54 Å². The molecule has 31 heavy (non-hydrogen) atoms. The quantitative estimate of drug-likeness (QED) is 0.611. The normalized spacial score (nSPS) is 20.4. The van der Waals surface area contributed by atoms with Crippen LogP contribution in [0.5, 0.6) is 0 Å². The van der Waals surface area contributed by atoms with Crippen molar-refractivity contribution in [3.8, 4) is 0 Å². The maximum Gasteiger partial charge on any atom is 0.290 e. The molecule has 1 aromatic carbocycles. The van der Waals surface area contributed by atoms with Crippen LogP contribution in [0.15, 0.2) is 35.2 Å². The van der Waals surface area contributed by atoms with E-state index in [1.807, 2.05) is 0 Å². The van der Waals surface area contributed by atoms with Gasteiger partial charge in [-0.1, -0.05) is 51.3 Å². The van der Waals surface area contributed by atoms with Gasteiger partial charge in [0.25, 0.3) is 5.91 Å². The topological polar surface area (TPSA) is 119 Å². The Morgan fingerprint density at radius 2 is 1.74 bits per heavy atom. The van der Waals surface area contributed by atoms with E-state index in [0.717, 1.165) is 32.1 Å². The number of sulfonamides is 1. The standard InChI is InChI=1S/C22H32N2O6S/c1-16(2)20(24-31(28,29)17-11-7-6-8-12-17)18(25)15-19-21(26)22(27)23-13-9-4-3-5-10-14-30-19/h6-8,11-12,16,19-20,24H,3-5,9-10,13-15H2,1-2H3,(H,23,27). The van der Waals surface area contributed by atoms with E-state index < -0.39 is 39.6 Å². The third kappa shape index (κ3) is 7.83. The Kier molecular flexibility index (Phi) is 9.80. The van der Waals surface area contributed by atoms with E-state index in [4.69, 9.17) is 4.74 Å². The van der Waals surface area contributed by atoms with Gasteiger partial charge in [-0.15, -0.1) is 0 Å². The molecular formula is C22H32N2O6S. The lowest BCUT2D eigenvalue weighted by Crippen LogP contribution is -2.47. The molecule has 2 rings (SSSR count). The van der Waals surface area contributed by atoms with Crippen molar-refractivity contribution in [3.63, 3.8) is 0 Å². The van der Waals surface area contributed by atoms with Gasteiger partial charge in [0.05, 0.1) is 10.9 Å². The lowest BCUT2D eigenvalue weighted by atomic mass is 9.95. The number of Topliss-reactive ketones (excluding diaryl/α,β-unsaturated/α-hetero) is 2. The highest BCUT2D eigenvalue weighted by Crippen LogP contribution is 2.16. The van der Waals surface area contributed by atoms with Gasteiger partial charge in [-0.3, -0.25) is 14.4 Å². The van der Waals surface area contributed by atoms with Crippen molar-refractivity contribution in [3.05, 3.63) is 30.3 Å². The molecule has 0 saturated carbocycles. The predicted molar refractivity (Wildman–Crippen MR) is 116 cm³/mol. The number of amides is 1. The molecule has 2 unspecified atom stereocenters. The minimum absolute atomic E-state index is 0.0474. The Balaban J connectivity index is 2.14. The van der Waals surface area contributed by atoms with Crippen LogP contribution in [0.3, 0.4) is 0 Å². The van der Waals surface area contributed by atoms with E-state index in [-0.39, 0.29) is 23.8 Å². The van der Waals surface area contributed by atoms with Crippen LogP contribution >= 0.6 is 0 Å². The molecule has 8 nitrogen and oxygen atoms in total. The Morgan fingerprint density at radius 3 is 2.42 bits per heavy atom. The second-order valence-electron chi connectivity index (χ2n) is 8.07. The third-order valence-electron chi connectivity index (χ3n) is 5.18. The smallest absolute Gasteiger partial charge is 0.290 e. The highest BCUT2D eigenvalue weighted by atomic mass is 32.2. The molecule has 2 atom stereocenters. The number of benzene rings is 1. The number of carbonyl (C=O) groups is 3. The number of nitrogens with one attached hydrogen (secondary N) is 2. The van der Waals surface area contributed by atoms with Crippen LogP contribution in [0.2, 0.25) is 0 Å². The van der Waals surface area contributed by atoms with Crippen LogP contribution < -0.4 is 10.0 Å². The molecule has 172 valence electrons. The first-order valence-electron chi connectivity index (χ1n) is 10.8. The summed E-state index contributed by atoms with van der Waals surface area (Å²) in [6, 6.07) is 6.71. The lowest BCUT2D eigenvalue weighted by Gasteiger charge is -2.24. The zero-order valence-corrected chi connectivity index (χ0v) is 18.9. The summed E-state index contributed by atoms with van der Waals surface area (Å²) in [6.45, 7) is 4.09. The summed E-state index contributed by atoms with van der Waals surface area (Å²) in [4.78, 5) is 37.8. The minimum atomic E-state index is -3.92. The Bertz CT molecular complexity index is 854. The van der Waals surface area contributed by atoms with Crippen molar-refractivity contribution in [2.24, 2.45) is 5.92 Å². The maximum absolute atomic E-state index is 13.0. The average molecular weight is 453 g/mol. The molecule has 1 saturated heterocycles. The van der Waals surface area contributed by atoms with Gasteiger partial charge in [0, 0.05) is 19.6 Å². The molecule has 1 heterocycles. The molecule has 0 bridgehead atoms. The lowest BCUT2D eigenvalue weighted by molar-refractivity contribution is -0.147. The summed E-state index contributed by atoms with van der Waals surface area (Å²) in [5.74, 6) is -2.43. The zero-order chi connectivity index (χ0) is 22.9. The van der Waals surface area contributed by atoms with Crippen LogP contribution in [0.1, 0.15) is 52.4 Å². The van der Waals surface area contributed by atoms with Gasteiger partial charge in [0.15, 0.2) is 5.78 Å². The van der Waals surface area contributed by atoms with Crippen molar-refractivity contribution in [2.45, 2.75) is 69.4 Å². The monoisotopic (exact) mass is 452 g/mol. The van der Waals surface area contributed by atoms with Crippen molar-refractivity contribution >= 4 is 27.5 Å². The molecule has 0 aliphatic carbocycles. The van der Waals surface area contributed by atoms with E-state index in [1.54, 1.807) is 32.0 Å². The Hall–Kier alpha value is -2.10. The van der Waals surface area contributed by atoms with Crippen LogP contribution in [-0.2, 0) is 29.1 Å². The van der Waals surface area contributed by atoms with Crippen LogP contribution in [0, 0.1) is 5.92 Å². The van der Waals surface area contributed by atoms with Gasteiger partial charge in [-0.2, -0.15) is 0 Å². The molecule has 9 heteroatoms. The molecule has 1 aliphatic heterocycles.